The van der Waals surface area contributed by atoms with Gasteiger partial charge in [0.15, 0.2) is 0 Å². The number of benzene rings is 2. The number of ether oxygens (including phenoxy) is 1. The van der Waals surface area contributed by atoms with Gasteiger partial charge in [0.2, 0.25) is 11.8 Å². The van der Waals surface area contributed by atoms with Gasteiger partial charge in [-0.15, -0.1) is 11.8 Å². The number of rotatable bonds is 7. The van der Waals surface area contributed by atoms with Crippen LogP contribution >= 0.6 is 11.8 Å². The van der Waals surface area contributed by atoms with Crippen LogP contribution < -0.4 is 15.0 Å². The zero-order chi connectivity index (χ0) is 18.4. The maximum Gasteiger partial charge on any atom is 0.227 e. The molecule has 1 heterocycles. The molecule has 0 spiro atoms. The smallest absolute Gasteiger partial charge is 0.227 e. The number of nitrogens with zero attached hydrogens (tertiary/aromatic N) is 1. The third kappa shape index (κ3) is 4.58. The van der Waals surface area contributed by atoms with Gasteiger partial charge < -0.3 is 15.0 Å². The minimum atomic E-state index is -0.0412. The molecule has 2 amide bonds. The van der Waals surface area contributed by atoms with Gasteiger partial charge in [-0.25, -0.2) is 0 Å². The van der Waals surface area contributed by atoms with Crippen molar-refractivity contribution in [2.45, 2.75) is 24.2 Å². The summed E-state index contributed by atoms with van der Waals surface area (Å²) in [6.07, 6.45) is 1.86. The molecule has 0 bridgehead atoms. The Morgan fingerprint density at radius 3 is 2.73 bits per heavy atom. The van der Waals surface area contributed by atoms with Crippen molar-refractivity contribution in [1.82, 2.24) is 0 Å². The second kappa shape index (κ2) is 8.76. The molecule has 2 aromatic carbocycles. The van der Waals surface area contributed by atoms with Crippen molar-refractivity contribution in [3.05, 3.63) is 48.5 Å². The van der Waals surface area contributed by atoms with Crippen molar-refractivity contribution < 1.29 is 14.3 Å². The summed E-state index contributed by atoms with van der Waals surface area (Å²) >= 11 is 1.66. The van der Waals surface area contributed by atoms with Crippen LogP contribution in [0.1, 0.15) is 19.3 Å². The quantitative estimate of drug-likeness (QED) is 0.750. The highest BCUT2D eigenvalue weighted by atomic mass is 32.2. The average molecular weight is 370 g/mol. The highest BCUT2D eigenvalue weighted by Crippen LogP contribution is 2.33. The minimum Gasteiger partial charge on any atom is -0.494 e. The van der Waals surface area contributed by atoms with Crippen molar-refractivity contribution in [2.24, 2.45) is 0 Å². The van der Waals surface area contributed by atoms with Crippen LogP contribution in [0.2, 0.25) is 0 Å². The predicted molar refractivity (Wildman–Crippen MR) is 105 cm³/mol. The Kier molecular flexibility index (Phi) is 6.17. The second-order valence-electron chi connectivity index (χ2n) is 6.00. The Balaban J connectivity index is 1.57. The molecule has 0 saturated carbocycles. The number of hydrogen-bond acceptors (Lipinski definition) is 4. The summed E-state index contributed by atoms with van der Waals surface area (Å²) in [5.41, 5.74) is 1.43. The molecule has 0 unspecified atom stereocenters. The Labute approximate surface area is 157 Å². The maximum atomic E-state index is 12.2. The fraction of sp³-hybridized carbons (Fsp3) is 0.300. The highest BCUT2D eigenvalue weighted by molar-refractivity contribution is 7.99. The molecule has 1 fully saturated rings. The van der Waals surface area contributed by atoms with Gasteiger partial charge in [-0.2, -0.15) is 0 Å². The molecule has 6 heteroatoms. The van der Waals surface area contributed by atoms with Crippen molar-refractivity contribution in [1.29, 1.82) is 0 Å². The lowest BCUT2D eigenvalue weighted by atomic mass is 10.2. The minimum absolute atomic E-state index is 0.0412. The summed E-state index contributed by atoms with van der Waals surface area (Å²) in [6.45, 7) is 0.706. The molecular formula is C20H22N2O3S. The molecule has 1 saturated heterocycles. The van der Waals surface area contributed by atoms with E-state index in [-0.39, 0.29) is 11.8 Å². The van der Waals surface area contributed by atoms with Gasteiger partial charge >= 0.3 is 0 Å². The average Bonchev–Trinajstić information content (AvgIpc) is 3.08. The van der Waals surface area contributed by atoms with Gasteiger partial charge in [0.05, 0.1) is 12.8 Å². The van der Waals surface area contributed by atoms with E-state index in [1.807, 2.05) is 42.5 Å². The van der Waals surface area contributed by atoms with Gasteiger partial charge in [-0.3, -0.25) is 9.59 Å². The molecule has 2 aromatic rings. The first kappa shape index (κ1) is 18.3. The van der Waals surface area contributed by atoms with E-state index in [4.69, 9.17) is 4.74 Å². The molecule has 0 radical (unpaired) electrons. The number of thioether (sulfide) groups is 1. The van der Waals surface area contributed by atoms with Crippen molar-refractivity contribution in [3.63, 3.8) is 0 Å². The van der Waals surface area contributed by atoms with Gasteiger partial charge in [-0.1, -0.05) is 18.2 Å². The van der Waals surface area contributed by atoms with Crippen LogP contribution in [0.5, 0.6) is 5.75 Å². The molecule has 26 heavy (non-hydrogen) atoms. The molecule has 5 nitrogen and oxygen atoms in total. The fourth-order valence-electron chi connectivity index (χ4n) is 2.88. The van der Waals surface area contributed by atoms with E-state index >= 15 is 0 Å². The van der Waals surface area contributed by atoms with Crippen LogP contribution in [0, 0.1) is 0 Å². The van der Waals surface area contributed by atoms with Gasteiger partial charge in [-0.05, 0) is 30.7 Å². The molecule has 136 valence electrons. The summed E-state index contributed by atoms with van der Waals surface area (Å²) in [6, 6.07) is 15.4. The highest BCUT2D eigenvalue weighted by Gasteiger charge is 2.24. The van der Waals surface area contributed by atoms with E-state index < -0.39 is 0 Å². The molecule has 0 atom stereocenters. The van der Waals surface area contributed by atoms with Crippen molar-refractivity contribution >= 4 is 35.0 Å². The first-order valence-electron chi connectivity index (χ1n) is 8.63. The summed E-state index contributed by atoms with van der Waals surface area (Å²) < 4.78 is 5.42. The Morgan fingerprint density at radius 2 is 2.04 bits per heavy atom. The normalized spacial score (nSPS) is 13.7. The predicted octanol–water partition coefficient (Wildman–Crippen LogP) is 3.94. The van der Waals surface area contributed by atoms with E-state index in [1.165, 1.54) is 0 Å². The zero-order valence-electron chi connectivity index (χ0n) is 14.7. The van der Waals surface area contributed by atoms with E-state index in [0.29, 0.717) is 36.6 Å². The van der Waals surface area contributed by atoms with Crippen molar-refractivity contribution in [3.8, 4) is 5.75 Å². The molecule has 1 aliphatic rings. The standard InChI is InChI=1S/C20H22N2O3S/c1-25-18-14-15(9-10-17(18)22-12-5-8-20(22)24)21-19(23)11-13-26-16-6-3-2-4-7-16/h2-4,6-7,9-10,14H,5,8,11-13H2,1H3,(H,21,23). The first-order valence-corrected chi connectivity index (χ1v) is 9.62. The summed E-state index contributed by atoms with van der Waals surface area (Å²) in [7, 11) is 1.57. The second-order valence-corrected chi connectivity index (χ2v) is 7.16. The van der Waals surface area contributed by atoms with E-state index in [0.717, 1.165) is 17.0 Å². The third-order valence-electron chi connectivity index (χ3n) is 4.17. The van der Waals surface area contributed by atoms with Gasteiger partial charge in [0, 0.05) is 41.8 Å². The van der Waals surface area contributed by atoms with Crippen LogP contribution in [0.3, 0.4) is 0 Å². The van der Waals surface area contributed by atoms with Crippen LogP contribution in [0.15, 0.2) is 53.4 Å². The van der Waals surface area contributed by atoms with Crippen LogP contribution in [-0.4, -0.2) is 31.2 Å². The number of anilines is 2. The molecular weight excluding hydrogens is 348 g/mol. The molecule has 3 rings (SSSR count). The lowest BCUT2D eigenvalue weighted by Crippen LogP contribution is -2.24. The number of amides is 2. The van der Waals surface area contributed by atoms with Gasteiger partial charge in [0.1, 0.15) is 5.75 Å². The summed E-state index contributed by atoms with van der Waals surface area (Å²) in [5.74, 6) is 1.38. The number of carbonyl (C=O) groups excluding carboxylic acids is 2. The number of carbonyl (C=O) groups is 2. The summed E-state index contributed by atoms with van der Waals surface area (Å²) in [5, 5.41) is 2.90. The van der Waals surface area contributed by atoms with E-state index in [1.54, 1.807) is 29.8 Å². The first-order chi connectivity index (χ1) is 12.7. The maximum absolute atomic E-state index is 12.2. The number of methoxy groups -OCH3 is 1. The number of nitrogens with one attached hydrogen (secondary N) is 1. The molecule has 0 aromatic heterocycles. The van der Waals surface area contributed by atoms with Crippen LogP contribution in [0.25, 0.3) is 0 Å². The van der Waals surface area contributed by atoms with Crippen molar-refractivity contribution in [2.75, 3.05) is 29.6 Å². The fourth-order valence-corrected chi connectivity index (χ4v) is 3.76. The lowest BCUT2D eigenvalue weighted by Gasteiger charge is -2.19. The van der Waals surface area contributed by atoms with Crippen LogP contribution in [-0.2, 0) is 9.59 Å². The zero-order valence-corrected chi connectivity index (χ0v) is 15.6. The van der Waals surface area contributed by atoms with Gasteiger partial charge in [0.25, 0.3) is 0 Å². The molecule has 1 N–H and O–H groups in total. The van der Waals surface area contributed by atoms with E-state index in [2.05, 4.69) is 5.32 Å². The molecule has 1 aliphatic heterocycles. The number of hydrogen-bond donors (Lipinski definition) is 1. The van der Waals surface area contributed by atoms with Crippen LogP contribution in [0.4, 0.5) is 11.4 Å². The Hall–Kier alpha value is -2.47. The SMILES string of the molecule is COc1cc(NC(=O)CCSc2ccccc2)ccc1N1CCCC1=O. The monoisotopic (exact) mass is 370 g/mol. The topological polar surface area (TPSA) is 58.6 Å². The van der Waals surface area contributed by atoms with E-state index in [9.17, 15) is 9.59 Å². The Morgan fingerprint density at radius 1 is 1.23 bits per heavy atom. The Bertz CT molecular complexity index is 780. The third-order valence-corrected chi connectivity index (χ3v) is 5.18. The lowest BCUT2D eigenvalue weighted by molar-refractivity contribution is -0.117. The summed E-state index contributed by atoms with van der Waals surface area (Å²) in [4.78, 5) is 27.0. The largest absolute Gasteiger partial charge is 0.494 e. The molecule has 0 aliphatic carbocycles.